The third-order valence-corrected chi connectivity index (χ3v) is 3.17. The van der Waals surface area contributed by atoms with E-state index in [0.717, 1.165) is 0 Å². The molecule has 0 aliphatic rings. The van der Waals surface area contributed by atoms with E-state index in [0.29, 0.717) is 24.4 Å². The van der Waals surface area contributed by atoms with Crippen molar-refractivity contribution in [3.63, 3.8) is 0 Å². The van der Waals surface area contributed by atoms with Gasteiger partial charge in [0.2, 0.25) is 0 Å². The van der Waals surface area contributed by atoms with Gasteiger partial charge in [-0.05, 0) is 17.7 Å². The van der Waals surface area contributed by atoms with Crippen molar-refractivity contribution in [3.8, 4) is 0 Å². The van der Waals surface area contributed by atoms with Gasteiger partial charge in [0.05, 0.1) is 11.0 Å². The number of nitrogens with one attached hydrogen (secondary N) is 1. The molecule has 0 aromatic heterocycles. The number of rotatable bonds is 7. The fraction of sp³-hybridized carbons (Fsp3) is 0.455. The first kappa shape index (κ1) is 14.7. The zero-order chi connectivity index (χ0) is 13.5. The van der Waals surface area contributed by atoms with E-state index in [4.69, 9.17) is 0 Å². The zero-order valence-electron chi connectivity index (χ0n) is 10.0. The van der Waals surface area contributed by atoms with Crippen LogP contribution in [0.5, 0.6) is 0 Å². The van der Waals surface area contributed by atoms with Crippen LogP contribution in [-0.4, -0.2) is 39.3 Å². The number of hydrogen-bond acceptors (Lipinski definition) is 5. The largest absolute Gasteiger partial charge is 0.387 e. The Morgan fingerprint density at radius 3 is 2.56 bits per heavy atom. The molecule has 7 heteroatoms. The fourth-order valence-corrected chi connectivity index (χ4v) is 1.82. The Morgan fingerprint density at radius 2 is 2.06 bits per heavy atom. The first-order valence-corrected chi connectivity index (χ1v) is 7.16. The molecule has 100 valence electrons. The second-order valence-electron chi connectivity index (χ2n) is 3.85. The van der Waals surface area contributed by atoms with E-state index in [1.165, 1.54) is 24.3 Å². The minimum Gasteiger partial charge on any atom is -0.387 e. The molecule has 0 saturated carbocycles. The van der Waals surface area contributed by atoms with Gasteiger partial charge in [0, 0.05) is 48.0 Å². The third-order valence-electron chi connectivity index (χ3n) is 2.39. The molecule has 1 rings (SSSR count). The highest BCUT2D eigenvalue weighted by molar-refractivity contribution is 7.84. The molecule has 0 spiro atoms. The van der Waals surface area contributed by atoms with E-state index >= 15 is 0 Å². The van der Waals surface area contributed by atoms with Crippen molar-refractivity contribution in [1.29, 1.82) is 0 Å². The predicted molar refractivity (Wildman–Crippen MR) is 69.9 cm³/mol. The van der Waals surface area contributed by atoms with Gasteiger partial charge in [-0.1, -0.05) is 0 Å². The van der Waals surface area contributed by atoms with Crippen molar-refractivity contribution in [2.75, 3.05) is 25.1 Å². The molecule has 1 aromatic rings. The van der Waals surface area contributed by atoms with Crippen molar-refractivity contribution in [2.24, 2.45) is 0 Å². The maximum Gasteiger partial charge on any atom is 0.269 e. The van der Waals surface area contributed by atoms with Gasteiger partial charge >= 0.3 is 0 Å². The number of non-ortho nitro benzene ring substituents is 1. The van der Waals surface area contributed by atoms with Crippen LogP contribution < -0.4 is 5.32 Å². The summed E-state index contributed by atoms with van der Waals surface area (Å²) in [5.74, 6) is 0.535. The van der Waals surface area contributed by atoms with Crippen molar-refractivity contribution in [2.45, 2.75) is 6.10 Å². The smallest absolute Gasteiger partial charge is 0.269 e. The van der Waals surface area contributed by atoms with Crippen LogP contribution >= 0.6 is 0 Å². The van der Waals surface area contributed by atoms with Crippen LogP contribution in [0.15, 0.2) is 24.3 Å². The number of benzene rings is 1. The molecule has 0 aliphatic carbocycles. The molecular weight excluding hydrogens is 256 g/mol. The number of hydrogen-bond donors (Lipinski definition) is 2. The molecule has 0 heterocycles. The summed E-state index contributed by atoms with van der Waals surface area (Å²) in [5, 5.41) is 23.2. The zero-order valence-corrected chi connectivity index (χ0v) is 10.9. The van der Waals surface area contributed by atoms with Crippen LogP contribution in [0, 0.1) is 10.1 Å². The number of aliphatic hydroxyl groups is 1. The molecule has 0 fully saturated rings. The normalized spacial score (nSPS) is 14.1. The fourth-order valence-electron chi connectivity index (χ4n) is 1.39. The number of nitrogens with zero attached hydrogens (tertiary/aromatic N) is 1. The van der Waals surface area contributed by atoms with Gasteiger partial charge in [-0.15, -0.1) is 0 Å². The molecule has 6 nitrogen and oxygen atoms in total. The molecule has 0 aliphatic heterocycles. The first-order chi connectivity index (χ1) is 8.50. The average molecular weight is 272 g/mol. The summed E-state index contributed by atoms with van der Waals surface area (Å²) in [6.07, 6.45) is 0.894. The van der Waals surface area contributed by atoms with Gasteiger partial charge in [0.1, 0.15) is 0 Å². The summed E-state index contributed by atoms with van der Waals surface area (Å²) in [6.45, 7) is 0.891. The van der Waals surface area contributed by atoms with E-state index in [9.17, 15) is 19.4 Å². The minimum absolute atomic E-state index is 0.000267. The highest BCUT2D eigenvalue weighted by Gasteiger charge is 2.09. The number of nitro benzene ring substituents is 1. The molecule has 0 bridgehead atoms. The summed E-state index contributed by atoms with van der Waals surface area (Å²) in [4.78, 5) is 9.98. The lowest BCUT2D eigenvalue weighted by atomic mass is 10.1. The van der Waals surface area contributed by atoms with Gasteiger partial charge < -0.3 is 10.4 Å². The molecule has 1 aromatic carbocycles. The second-order valence-corrected chi connectivity index (χ2v) is 5.40. The Hall–Kier alpha value is -1.31. The Labute approximate surface area is 108 Å². The van der Waals surface area contributed by atoms with Crippen molar-refractivity contribution in [1.82, 2.24) is 5.32 Å². The second kappa shape index (κ2) is 7.20. The lowest BCUT2D eigenvalue weighted by Crippen LogP contribution is -2.25. The Bertz CT molecular complexity index is 422. The Balaban J connectivity index is 2.44. The highest BCUT2D eigenvalue weighted by Crippen LogP contribution is 2.17. The van der Waals surface area contributed by atoms with Crippen LogP contribution in [0.2, 0.25) is 0 Å². The molecule has 2 unspecified atom stereocenters. The highest BCUT2D eigenvalue weighted by atomic mass is 32.2. The lowest BCUT2D eigenvalue weighted by Gasteiger charge is -2.11. The summed E-state index contributed by atoms with van der Waals surface area (Å²) in [5.41, 5.74) is 0.617. The van der Waals surface area contributed by atoms with E-state index in [-0.39, 0.29) is 5.69 Å². The predicted octanol–water partition coefficient (Wildman–Crippen LogP) is 0.596. The molecular formula is C11H16N2O4S. The summed E-state index contributed by atoms with van der Waals surface area (Å²) < 4.78 is 10.8. The Kier molecular flexibility index (Phi) is 5.90. The molecule has 2 N–H and O–H groups in total. The van der Waals surface area contributed by atoms with Gasteiger partial charge in [0.15, 0.2) is 0 Å². The minimum atomic E-state index is -0.852. The summed E-state index contributed by atoms with van der Waals surface area (Å²) in [6, 6.07) is 5.78. The average Bonchev–Trinajstić information content (AvgIpc) is 2.34. The SMILES string of the molecule is CS(=O)CCNCC(O)c1ccc([N+](=O)[O-])cc1. The maximum atomic E-state index is 10.8. The van der Waals surface area contributed by atoms with Crippen molar-refractivity contribution in [3.05, 3.63) is 39.9 Å². The maximum absolute atomic E-state index is 10.8. The topological polar surface area (TPSA) is 92.5 Å². The van der Waals surface area contributed by atoms with Crippen molar-refractivity contribution >= 4 is 16.5 Å². The monoisotopic (exact) mass is 272 g/mol. The van der Waals surface area contributed by atoms with Crippen LogP contribution in [0.4, 0.5) is 5.69 Å². The van der Waals surface area contributed by atoms with Crippen LogP contribution in [0.25, 0.3) is 0 Å². The molecule has 2 atom stereocenters. The van der Waals surface area contributed by atoms with Gasteiger partial charge in [-0.3, -0.25) is 14.3 Å². The van der Waals surface area contributed by atoms with Gasteiger partial charge in [0.25, 0.3) is 5.69 Å². The van der Waals surface area contributed by atoms with Crippen LogP contribution in [-0.2, 0) is 10.8 Å². The van der Waals surface area contributed by atoms with Crippen LogP contribution in [0.3, 0.4) is 0 Å². The van der Waals surface area contributed by atoms with Crippen LogP contribution in [0.1, 0.15) is 11.7 Å². The molecule has 0 radical (unpaired) electrons. The first-order valence-electron chi connectivity index (χ1n) is 5.44. The molecule has 18 heavy (non-hydrogen) atoms. The van der Waals surface area contributed by atoms with E-state index in [1.54, 1.807) is 6.26 Å². The number of nitro groups is 1. The van der Waals surface area contributed by atoms with E-state index < -0.39 is 21.8 Å². The quantitative estimate of drug-likeness (QED) is 0.431. The van der Waals surface area contributed by atoms with Gasteiger partial charge in [-0.2, -0.15) is 0 Å². The lowest BCUT2D eigenvalue weighted by molar-refractivity contribution is -0.384. The standard InChI is InChI=1S/C11H16N2O4S/c1-18(17)7-6-12-8-11(14)9-2-4-10(5-3-9)13(15)16/h2-5,11-12,14H,6-8H2,1H3. The van der Waals surface area contributed by atoms with E-state index in [1.807, 2.05) is 0 Å². The van der Waals surface area contributed by atoms with Gasteiger partial charge in [-0.25, -0.2) is 0 Å². The Morgan fingerprint density at radius 1 is 1.44 bits per heavy atom. The summed E-state index contributed by atoms with van der Waals surface area (Å²) in [7, 11) is -0.852. The number of aliphatic hydroxyl groups excluding tert-OH is 1. The van der Waals surface area contributed by atoms with Crippen molar-refractivity contribution < 1.29 is 14.2 Å². The van der Waals surface area contributed by atoms with E-state index in [2.05, 4.69) is 5.32 Å². The molecule has 0 saturated heterocycles. The molecule has 0 amide bonds. The third kappa shape index (κ3) is 4.91. The summed E-state index contributed by atoms with van der Waals surface area (Å²) >= 11 is 0.